The monoisotopic (exact) mass is 427 g/mol. The third kappa shape index (κ3) is 4.30. The molecular formula is C20H25N7O4. The van der Waals surface area contributed by atoms with E-state index in [9.17, 15) is 14.7 Å². The van der Waals surface area contributed by atoms with E-state index in [-0.39, 0.29) is 23.0 Å². The predicted molar refractivity (Wildman–Crippen MR) is 113 cm³/mol. The summed E-state index contributed by atoms with van der Waals surface area (Å²) in [5, 5.41) is 20.9. The van der Waals surface area contributed by atoms with Gasteiger partial charge >= 0.3 is 6.01 Å². The van der Waals surface area contributed by atoms with Gasteiger partial charge in [-0.05, 0) is 24.3 Å². The summed E-state index contributed by atoms with van der Waals surface area (Å²) < 4.78 is 7.67. The predicted octanol–water partition coefficient (Wildman–Crippen LogP) is 1.68. The molecule has 1 aliphatic carbocycles. The van der Waals surface area contributed by atoms with Gasteiger partial charge in [-0.3, -0.25) is 14.2 Å². The lowest BCUT2D eigenvalue weighted by Gasteiger charge is -2.21. The molecule has 3 aromatic rings. The van der Waals surface area contributed by atoms with E-state index < -0.39 is 17.3 Å². The van der Waals surface area contributed by atoms with E-state index in [0.29, 0.717) is 23.8 Å². The second-order valence-electron chi connectivity index (χ2n) is 8.75. The number of fused-ring (bicyclic) bond motifs is 1. The molecule has 0 radical (unpaired) electrons. The maximum absolute atomic E-state index is 13.2. The summed E-state index contributed by atoms with van der Waals surface area (Å²) in [5.41, 5.74) is -0.789. The Bertz CT molecular complexity index is 1200. The SMILES string of the molecule is COc1nccc(Nc2cc3n(CC(C)(C)C)c(=O)c(C(=O)NC4CC4)c(O)n3n2)n1. The van der Waals surface area contributed by atoms with Crippen LogP contribution in [-0.4, -0.2) is 48.3 Å². The Kier molecular flexibility index (Phi) is 5.03. The average Bonchev–Trinajstić information content (AvgIpc) is 3.41. The van der Waals surface area contributed by atoms with Crippen LogP contribution in [0.2, 0.25) is 0 Å². The van der Waals surface area contributed by atoms with Crippen LogP contribution in [0.25, 0.3) is 5.65 Å². The number of carbonyl (C=O) groups excluding carboxylic acids is 1. The lowest BCUT2D eigenvalue weighted by molar-refractivity contribution is 0.0944. The van der Waals surface area contributed by atoms with Crippen LogP contribution in [0.15, 0.2) is 23.1 Å². The molecule has 0 aliphatic heterocycles. The zero-order valence-electron chi connectivity index (χ0n) is 17.8. The van der Waals surface area contributed by atoms with Crippen molar-refractivity contribution in [2.45, 2.75) is 46.2 Å². The highest BCUT2D eigenvalue weighted by Crippen LogP contribution is 2.25. The zero-order valence-corrected chi connectivity index (χ0v) is 17.8. The fourth-order valence-electron chi connectivity index (χ4n) is 3.17. The number of amides is 1. The minimum Gasteiger partial charge on any atom is -0.492 e. The summed E-state index contributed by atoms with van der Waals surface area (Å²) in [6.45, 7) is 6.27. The van der Waals surface area contributed by atoms with E-state index in [0.717, 1.165) is 12.8 Å². The largest absolute Gasteiger partial charge is 0.492 e. The molecule has 11 nitrogen and oxygen atoms in total. The highest BCUT2D eigenvalue weighted by molar-refractivity contribution is 5.96. The Hall–Kier alpha value is -3.63. The first-order valence-corrected chi connectivity index (χ1v) is 9.97. The first-order chi connectivity index (χ1) is 14.7. The van der Waals surface area contributed by atoms with Gasteiger partial charge in [-0.15, -0.1) is 5.10 Å². The molecule has 1 fully saturated rings. The van der Waals surface area contributed by atoms with Crippen molar-refractivity contribution < 1.29 is 14.6 Å². The summed E-state index contributed by atoms with van der Waals surface area (Å²) in [6.07, 6.45) is 3.25. The van der Waals surface area contributed by atoms with E-state index in [2.05, 4.69) is 25.7 Å². The smallest absolute Gasteiger partial charge is 0.318 e. The molecular weight excluding hydrogens is 402 g/mol. The summed E-state index contributed by atoms with van der Waals surface area (Å²) in [6, 6.07) is 3.47. The lowest BCUT2D eigenvalue weighted by atomic mass is 9.97. The topological polar surface area (TPSA) is 136 Å². The number of nitrogens with zero attached hydrogens (tertiary/aromatic N) is 5. The quantitative estimate of drug-likeness (QED) is 0.541. The molecule has 0 saturated heterocycles. The van der Waals surface area contributed by atoms with Gasteiger partial charge in [0.25, 0.3) is 11.5 Å². The van der Waals surface area contributed by atoms with Gasteiger partial charge in [-0.1, -0.05) is 20.8 Å². The molecule has 1 amide bonds. The average molecular weight is 427 g/mol. The Morgan fingerprint density at radius 2 is 2.06 bits per heavy atom. The van der Waals surface area contributed by atoms with Crippen LogP contribution in [0.1, 0.15) is 44.0 Å². The minimum absolute atomic E-state index is 0.0423. The molecule has 3 aromatic heterocycles. The number of hydrogen-bond acceptors (Lipinski definition) is 8. The number of aromatic hydroxyl groups is 1. The molecule has 0 aromatic carbocycles. The van der Waals surface area contributed by atoms with Crippen molar-refractivity contribution in [1.29, 1.82) is 0 Å². The van der Waals surface area contributed by atoms with E-state index in [1.54, 1.807) is 12.1 Å². The molecule has 0 atom stereocenters. The highest BCUT2D eigenvalue weighted by Gasteiger charge is 2.30. The highest BCUT2D eigenvalue weighted by atomic mass is 16.5. The van der Waals surface area contributed by atoms with Crippen molar-refractivity contribution in [3.63, 3.8) is 0 Å². The second kappa shape index (κ2) is 7.56. The van der Waals surface area contributed by atoms with Gasteiger partial charge in [-0.25, -0.2) is 4.98 Å². The Balaban J connectivity index is 1.83. The molecule has 3 N–H and O–H groups in total. The first kappa shape index (κ1) is 20.6. The van der Waals surface area contributed by atoms with E-state index in [1.165, 1.54) is 22.4 Å². The van der Waals surface area contributed by atoms with Crippen LogP contribution in [-0.2, 0) is 6.54 Å². The van der Waals surface area contributed by atoms with Crippen molar-refractivity contribution in [1.82, 2.24) is 29.5 Å². The van der Waals surface area contributed by atoms with E-state index in [1.807, 2.05) is 20.8 Å². The number of rotatable bonds is 6. The molecule has 0 unspecified atom stereocenters. The van der Waals surface area contributed by atoms with Crippen molar-refractivity contribution in [3.05, 3.63) is 34.2 Å². The number of methoxy groups -OCH3 is 1. The molecule has 4 rings (SSSR count). The molecule has 1 aliphatic rings. The second-order valence-corrected chi connectivity index (χ2v) is 8.75. The summed E-state index contributed by atoms with van der Waals surface area (Å²) in [4.78, 5) is 34.0. The molecule has 0 bridgehead atoms. The molecule has 11 heteroatoms. The van der Waals surface area contributed by atoms with Crippen molar-refractivity contribution in [2.75, 3.05) is 12.4 Å². The lowest BCUT2D eigenvalue weighted by Crippen LogP contribution is -2.37. The Morgan fingerprint density at radius 1 is 1.32 bits per heavy atom. The number of nitrogens with one attached hydrogen (secondary N) is 2. The third-order valence-electron chi connectivity index (χ3n) is 4.69. The maximum Gasteiger partial charge on any atom is 0.318 e. The molecule has 1 saturated carbocycles. The molecule has 164 valence electrons. The van der Waals surface area contributed by atoms with Gasteiger partial charge in [0.1, 0.15) is 11.5 Å². The fourth-order valence-corrected chi connectivity index (χ4v) is 3.17. The van der Waals surface area contributed by atoms with Crippen LogP contribution >= 0.6 is 0 Å². The number of ether oxygens (including phenoxy) is 1. The standard InChI is InChI=1S/C20H25N7O4/c1-20(2,3)10-26-14-9-13(23-12-7-8-21-19(24-12)31-4)25-27(14)18(30)15(17(26)29)16(28)22-11-5-6-11/h7-9,11,30H,5-6,10H2,1-4H3,(H,22,28)(H,21,23,24,25). The van der Waals surface area contributed by atoms with Gasteiger partial charge in [-0.2, -0.15) is 9.50 Å². The minimum atomic E-state index is -0.597. The number of anilines is 2. The van der Waals surface area contributed by atoms with Gasteiger partial charge in [0.15, 0.2) is 11.4 Å². The van der Waals surface area contributed by atoms with Crippen LogP contribution in [0, 0.1) is 5.41 Å². The summed E-state index contributed by atoms with van der Waals surface area (Å²) >= 11 is 0. The van der Waals surface area contributed by atoms with Crippen LogP contribution in [0.3, 0.4) is 0 Å². The summed E-state index contributed by atoms with van der Waals surface area (Å²) in [5.74, 6) is -0.347. The van der Waals surface area contributed by atoms with Gasteiger partial charge < -0.3 is 20.5 Å². The van der Waals surface area contributed by atoms with Gasteiger partial charge in [0.05, 0.1) is 7.11 Å². The summed E-state index contributed by atoms with van der Waals surface area (Å²) in [7, 11) is 1.46. The molecule has 0 spiro atoms. The first-order valence-electron chi connectivity index (χ1n) is 9.97. The van der Waals surface area contributed by atoms with Crippen LogP contribution in [0.5, 0.6) is 11.9 Å². The van der Waals surface area contributed by atoms with E-state index >= 15 is 0 Å². The molecule has 31 heavy (non-hydrogen) atoms. The zero-order chi connectivity index (χ0) is 22.3. The van der Waals surface area contributed by atoms with Gasteiger partial charge in [0, 0.05) is 24.8 Å². The fraction of sp³-hybridized carbons (Fsp3) is 0.450. The number of hydrogen-bond donors (Lipinski definition) is 3. The Morgan fingerprint density at radius 3 is 2.71 bits per heavy atom. The van der Waals surface area contributed by atoms with Crippen molar-refractivity contribution in [2.24, 2.45) is 5.41 Å². The number of aromatic nitrogens is 5. The van der Waals surface area contributed by atoms with Crippen LogP contribution < -0.4 is 20.9 Å². The van der Waals surface area contributed by atoms with Crippen LogP contribution in [0.4, 0.5) is 11.6 Å². The normalized spacial score (nSPS) is 13.9. The van der Waals surface area contributed by atoms with Crippen molar-refractivity contribution >= 4 is 23.2 Å². The molecule has 3 heterocycles. The van der Waals surface area contributed by atoms with E-state index in [4.69, 9.17) is 4.74 Å². The van der Waals surface area contributed by atoms with Gasteiger partial charge in [0.2, 0.25) is 5.88 Å². The Labute approximate surface area is 178 Å². The third-order valence-corrected chi connectivity index (χ3v) is 4.69. The maximum atomic E-state index is 13.2. The number of carbonyl (C=O) groups is 1. The van der Waals surface area contributed by atoms with Crippen molar-refractivity contribution in [3.8, 4) is 11.9 Å².